The maximum absolute atomic E-state index is 13.6. The van der Waals surface area contributed by atoms with Crippen LogP contribution in [0, 0.1) is 6.92 Å². The van der Waals surface area contributed by atoms with Gasteiger partial charge >= 0.3 is 0 Å². The van der Waals surface area contributed by atoms with Crippen LogP contribution in [0.3, 0.4) is 0 Å². The summed E-state index contributed by atoms with van der Waals surface area (Å²) in [6.45, 7) is 4.43. The molecule has 0 radical (unpaired) electrons. The Balaban J connectivity index is 1.47. The van der Waals surface area contributed by atoms with Crippen LogP contribution in [-0.2, 0) is 14.8 Å². The lowest BCUT2D eigenvalue weighted by atomic mass is 9.96. The monoisotopic (exact) mass is 537 g/mol. The first kappa shape index (κ1) is 27.4. The van der Waals surface area contributed by atoms with Crippen molar-refractivity contribution in [3.05, 3.63) is 102 Å². The van der Waals surface area contributed by atoms with Crippen LogP contribution in [0.5, 0.6) is 0 Å². The van der Waals surface area contributed by atoms with Crippen molar-refractivity contribution in [1.29, 1.82) is 0 Å². The van der Waals surface area contributed by atoms with Gasteiger partial charge in [0.25, 0.3) is 0 Å². The van der Waals surface area contributed by atoms with Gasteiger partial charge in [-0.2, -0.15) is 16.5 Å². The molecule has 0 unspecified atom stereocenters. The van der Waals surface area contributed by atoms with Gasteiger partial charge in [-0.15, -0.1) is 0 Å². The average molecular weight is 538 g/mol. The van der Waals surface area contributed by atoms with Crippen molar-refractivity contribution in [3.63, 3.8) is 0 Å². The van der Waals surface area contributed by atoms with Gasteiger partial charge in [0.1, 0.15) is 6.04 Å². The van der Waals surface area contributed by atoms with Gasteiger partial charge in [0.15, 0.2) is 0 Å². The fourth-order valence-corrected chi connectivity index (χ4v) is 6.44. The normalized spacial score (nSPS) is 15.6. The Morgan fingerprint density at radius 3 is 1.92 bits per heavy atom. The molecule has 0 bridgehead atoms. The Morgan fingerprint density at radius 2 is 1.41 bits per heavy atom. The molecule has 1 amide bonds. The number of thioether (sulfide) groups is 1. The summed E-state index contributed by atoms with van der Waals surface area (Å²) in [4.78, 5) is 18.0. The molecule has 3 aromatic carbocycles. The average Bonchev–Trinajstić information content (AvgIpc) is 2.92. The Morgan fingerprint density at radius 1 is 0.865 bits per heavy atom. The van der Waals surface area contributed by atoms with Crippen LogP contribution < -0.4 is 4.72 Å². The molecule has 4 rings (SSSR count). The maximum Gasteiger partial charge on any atom is 0.241 e. The summed E-state index contributed by atoms with van der Waals surface area (Å²) >= 11 is 1.60. The lowest BCUT2D eigenvalue weighted by Gasteiger charge is -2.40. The van der Waals surface area contributed by atoms with Crippen LogP contribution in [0.15, 0.2) is 89.8 Å². The predicted octanol–water partition coefficient (Wildman–Crippen LogP) is 4.33. The summed E-state index contributed by atoms with van der Waals surface area (Å²) in [5.74, 6) is 0.539. The van der Waals surface area contributed by atoms with E-state index in [9.17, 15) is 13.2 Å². The fourth-order valence-electron chi connectivity index (χ4n) is 4.75. The molecule has 1 heterocycles. The van der Waals surface area contributed by atoms with E-state index in [-0.39, 0.29) is 16.8 Å². The molecular weight excluding hydrogens is 502 g/mol. The van der Waals surface area contributed by atoms with Gasteiger partial charge in [-0.3, -0.25) is 9.69 Å². The third-order valence-electron chi connectivity index (χ3n) is 6.76. The number of carbonyl (C=O) groups excluding carboxylic acids is 1. The zero-order chi connectivity index (χ0) is 26.3. The molecule has 1 atom stereocenters. The molecule has 37 heavy (non-hydrogen) atoms. The number of sulfonamides is 1. The van der Waals surface area contributed by atoms with Crippen molar-refractivity contribution >= 4 is 27.7 Å². The van der Waals surface area contributed by atoms with Crippen molar-refractivity contribution in [3.8, 4) is 0 Å². The van der Waals surface area contributed by atoms with Crippen molar-refractivity contribution < 1.29 is 13.2 Å². The highest BCUT2D eigenvalue weighted by Crippen LogP contribution is 2.29. The number of hydrogen-bond donors (Lipinski definition) is 1. The van der Waals surface area contributed by atoms with Crippen LogP contribution in [-0.4, -0.2) is 68.4 Å². The fraction of sp³-hybridized carbons (Fsp3) is 0.345. The van der Waals surface area contributed by atoms with Crippen molar-refractivity contribution in [2.75, 3.05) is 38.2 Å². The quantitative estimate of drug-likeness (QED) is 0.417. The Kier molecular flexibility index (Phi) is 9.43. The van der Waals surface area contributed by atoms with Crippen LogP contribution in [0.2, 0.25) is 0 Å². The summed E-state index contributed by atoms with van der Waals surface area (Å²) in [7, 11) is -3.80. The highest BCUT2D eigenvalue weighted by Gasteiger charge is 2.33. The van der Waals surface area contributed by atoms with Gasteiger partial charge < -0.3 is 4.90 Å². The number of rotatable bonds is 10. The minimum absolute atomic E-state index is 0.104. The van der Waals surface area contributed by atoms with E-state index in [1.165, 1.54) is 11.1 Å². The van der Waals surface area contributed by atoms with E-state index in [2.05, 4.69) is 58.2 Å². The highest BCUT2D eigenvalue weighted by molar-refractivity contribution is 7.98. The first-order valence-electron chi connectivity index (χ1n) is 12.6. The van der Waals surface area contributed by atoms with Gasteiger partial charge in [0.2, 0.25) is 15.9 Å². The first-order valence-corrected chi connectivity index (χ1v) is 15.5. The first-order chi connectivity index (χ1) is 17.9. The van der Waals surface area contributed by atoms with E-state index in [0.29, 0.717) is 38.4 Å². The second kappa shape index (κ2) is 12.7. The number of nitrogens with one attached hydrogen (secondary N) is 1. The molecule has 0 spiro atoms. The molecule has 1 fully saturated rings. The summed E-state index contributed by atoms with van der Waals surface area (Å²) in [6.07, 6.45) is 2.41. The SMILES string of the molecule is CSCC[C@@H](NS(=O)(=O)c1ccc(C)cc1)C(=O)N1CCN(C(c2ccccc2)c2ccccc2)CC1. The summed E-state index contributed by atoms with van der Waals surface area (Å²) in [6, 6.07) is 26.9. The van der Waals surface area contributed by atoms with E-state index in [1.54, 1.807) is 36.0 Å². The zero-order valence-electron chi connectivity index (χ0n) is 21.4. The lowest BCUT2D eigenvalue weighted by molar-refractivity contribution is -0.135. The number of hydrogen-bond acceptors (Lipinski definition) is 5. The van der Waals surface area contributed by atoms with Crippen molar-refractivity contribution in [2.45, 2.75) is 30.3 Å². The third-order valence-corrected chi connectivity index (χ3v) is 8.89. The maximum atomic E-state index is 13.6. The summed E-state index contributed by atoms with van der Waals surface area (Å²) < 4.78 is 28.8. The minimum atomic E-state index is -3.80. The Bertz CT molecular complexity index is 1210. The predicted molar refractivity (Wildman–Crippen MR) is 151 cm³/mol. The van der Waals surface area contributed by atoms with Gasteiger partial charge in [-0.25, -0.2) is 8.42 Å². The molecule has 3 aromatic rings. The van der Waals surface area contributed by atoms with E-state index < -0.39 is 16.1 Å². The van der Waals surface area contributed by atoms with E-state index in [4.69, 9.17) is 0 Å². The summed E-state index contributed by atoms with van der Waals surface area (Å²) in [5.41, 5.74) is 3.42. The van der Waals surface area contributed by atoms with Gasteiger partial charge in [0.05, 0.1) is 10.9 Å². The van der Waals surface area contributed by atoms with Crippen molar-refractivity contribution in [2.24, 2.45) is 0 Å². The second-order valence-electron chi connectivity index (χ2n) is 9.35. The minimum Gasteiger partial charge on any atom is -0.339 e. The van der Waals surface area contributed by atoms with Crippen LogP contribution >= 0.6 is 11.8 Å². The molecule has 0 aromatic heterocycles. The molecule has 8 heteroatoms. The van der Waals surface area contributed by atoms with E-state index >= 15 is 0 Å². The van der Waals surface area contributed by atoms with Crippen molar-refractivity contribution in [1.82, 2.24) is 14.5 Å². The molecule has 0 saturated carbocycles. The number of benzene rings is 3. The van der Waals surface area contributed by atoms with Crippen LogP contribution in [0.25, 0.3) is 0 Å². The smallest absolute Gasteiger partial charge is 0.241 e. The second-order valence-corrected chi connectivity index (χ2v) is 12.1. The van der Waals surface area contributed by atoms with Crippen LogP contribution in [0.4, 0.5) is 0 Å². The molecule has 1 aliphatic rings. The topological polar surface area (TPSA) is 69.7 Å². The third kappa shape index (κ3) is 7.02. The number of aryl methyl sites for hydroxylation is 1. The van der Waals surface area contributed by atoms with Crippen LogP contribution in [0.1, 0.15) is 29.2 Å². The zero-order valence-corrected chi connectivity index (χ0v) is 23.0. The van der Waals surface area contributed by atoms with Gasteiger partial charge in [0, 0.05) is 26.2 Å². The Hall–Kier alpha value is -2.65. The Labute approximate surface area is 225 Å². The highest BCUT2D eigenvalue weighted by atomic mass is 32.2. The number of piperazine rings is 1. The molecular formula is C29H35N3O3S2. The van der Waals surface area contributed by atoms with Gasteiger partial charge in [-0.05, 0) is 48.6 Å². The number of amides is 1. The van der Waals surface area contributed by atoms with E-state index in [1.807, 2.05) is 30.2 Å². The lowest BCUT2D eigenvalue weighted by Crippen LogP contribution is -2.55. The molecule has 1 N–H and O–H groups in total. The standard InChI is InChI=1S/C29H35N3O3S2/c1-23-13-15-26(16-14-23)37(34,35)30-27(17-22-36-2)29(33)32-20-18-31(19-21-32)28(24-9-5-3-6-10-24)25-11-7-4-8-12-25/h3-16,27-28,30H,17-22H2,1-2H3/t27-/m1/s1. The van der Waals surface area contributed by atoms with E-state index in [0.717, 1.165) is 5.56 Å². The molecule has 1 aliphatic heterocycles. The molecule has 1 saturated heterocycles. The number of nitrogens with zero attached hydrogens (tertiary/aromatic N) is 2. The molecule has 196 valence electrons. The van der Waals surface area contributed by atoms with Gasteiger partial charge in [-0.1, -0.05) is 78.4 Å². The molecule has 6 nitrogen and oxygen atoms in total. The molecule has 0 aliphatic carbocycles. The largest absolute Gasteiger partial charge is 0.339 e. The number of carbonyl (C=O) groups is 1. The summed E-state index contributed by atoms with van der Waals surface area (Å²) in [5, 5.41) is 0.